The van der Waals surface area contributed by atoms with E-state index < -0.39 is 0 Å². The Kier molecular flexibility index (Phi) is 4.72. The van der Waals surface area contributed by atoms with Crippen molar-refractivity contribution in [2.24, 2.45) is 0 Å². The molecule has 1 amide bonds. The lowest BCUT2D eigenvalue weighted by Crippen LogP contribution is -2.47. The van der Waals surface area contributed by atoms with Crippen LogP contribution in [0.2, 0.25) is 10.0 Å². The number of nitrogens with one attached hydrogen (secondary N) is 1. The molecule has 0 spiro atoms. The van der Waals surface area contributed by atoms with E-state index >= 15 is 0 Å². The summed E-state index contributed by atoms with van der Waals surface area (Å²) in [6.07, 6.45) is 5.62. The quantitative estimate of drug-likeness (QED) is 0.917. The van der Waals surface area contributed by atoms with Crippen LogP contribution in [0.5, 0.6) is 0 Å². The molecule has 1 aromatic rings. The smallest absolute Gasteiger partial charge is 0.255 e. The minimum atomic E-state index is 0.0306. The highest BCUT2D eigenvalue weighted by molar-refractivity contribution is 6.43. The molecule has 0 bridgehead atoms. The number of amides is 1. The second-order valence-corrected chi connectivity index (χ2v) is 6.68. The molecule has 114 valence electrons. The molecule has 1 saturated carbocycles. The first kappa shape index (κ1) is 15.1. The predicted molar refractivity (Wildman–Crippen MR) is 86.2 cm³/mol. The zero-order valence-electron chi connectivity index (χ0n) is 11.9. The number of carbonyl (C=O) groups excluding carboxylic acids is 1. The Morgan fingerprint density at radius 1 is 1.14 bits per heavy atom. The molecule has 2 fully saturated rings. The standard InChI is InChI=1S/C16H20Cl2N2O/c17-14-7-3-6-13(15(14)18)16(21)20(11-4-1-2-5-11)12-8-9-19-10-12/h3,6-7,11-12,19H,1-2,4-5,8-10H2/t12-/m1/s1. The molecule has 2 aliphatic rings. The molecule has 1 N–H and O–H groups in total. The van der Waals surface area contributed by atoms with Crippen LogP contribution >= 0.6 is 23.2 Å². The number of halogens is 2. The highest BCUT2D eigenvalue weighted by Gasteiger charge is 2.35. The van der Waals surface area contributed by atoms with E-state index in [4.69, 9.17) is 23.2 Å². The lowest BCUT2D eigenvalue weighted by molar-refractivity contribution is 0.0595. The largest absolute Gasteiger partial charge is 0.331 e. The maximum atomic E-state index is 13.0. The number of nitrogens with zero attached hydrogens (tertiary/aromatic N) is 1. The average molecular weight is 327 g/mol. The fourth-order valence-corrected chi connectivity index (χ4v) is 3.88. The predicted octanol–water partition coefficient (Wildman–Crippen LogP) is 3.74. The topological polar surface area (TPSA) is 32.3 Å². The highest BCUT2D eigenvalue weighted by atomic mass is 35.5. The summed E-state index contributed by atoms with van der Waals surface area (Å²) in [5.74, 6) is 0.0306. The molecule has 1 aliphatic heterocycles. The van der Waals surface area contributed by atoms with Crippen molar-refractivity contribution in [3.63, 3.8) is 0 Å². The van der Waals surface area contributed by atoms with Gasteiger partial charge in [0.1, 0.15) is 0 Å². The van der Waals surface area contributed by atoms with Gasteiger partial charge in [-0.2, -0.15) is 0 Å². The second kappa shape index (κ2) is 6.55. The third-order valence-electron chi connectivity index (χ3n) is 4.56. The van der Waals surface area contributed by atoms with Gasteiger partial charge in [0.2, 0.25) is 0 Å². The molecule has 1 heterocycles. The van der Waals surface area contributed by atoms with E-state index in [0.717, 1.165) is 32.4 Å². The summed E-state index contributed by atoms with van der Waals surface area (Å²) in [6.45, 7) is 1.85. The van der Waals surface area contributed by atoms with Crippen molar-refractivity contribution in [2.75, 3.05) is 13.1 Å². The molecule has 1 saturated heterocycles. The summed E-state index contributed by atoms with van der Waals surface area (Å²) < 4.78 is 0. The summed E-state index contributed by atoms with van der Waals surface area (Å²) in [5, 5.41) is 4.17. The average Bonchev–Trinajstić information content (AvgIpc) is 3.16. The van der Waals surface area contributed by atoms with E-state index in [-0.39, 0.29) is 11.9 Å². The van der Waals surface area contributed by atoms with Gasteiger partial charge in [-0.1, -0.05) is 42.1 Å². The van der Waals surface area contributed by atoms with Crippen LogP contribution in [0.25, 0.3) is 0 Å². The van der Waals surface area contributed by atoms with Crippen LogP contribution < -0.4 is 5.32 Å². The van der Waals surface area contributed by atoms with E-state index in [1.807, 2.05) is 0 Å². The Labute approximate surface area is 135 Å². The van der Waals surface area contributed by atoms with Crippen molar-refractivity contribution in [3.8, 4) is 0 Å². The highest BCUT2D eigenvalue weighted by Crippen LogP contribution is 2.32. The first-order chi connectivity index (χ1) is 10.2. The van der Waals surface area contributed by atoms with E-state index in [0.29, 0.717) is 21.7 Å². The Hall–Kier alpha value is -0.770. The van der Waals surface area contributed by atoms with Crippen molar-refractivity contribution < 1.29 is 4.79 Å². The van der Waals surface area contributed by atoms with Gasteiger partial charge in [0.15, 0.2) is 0 Å². The van der Waals surface area contributed by atoms with E-state index in [1.165, 1.54) is 12.8 Å². The number of rotatable bonds is 3. The van der Waals surface area contributed by atoms with Gasteiger partial charge in [0.05, 0.1) is 15.6 Å². The van der Waals surface area contributed by atoms with Crippen molar-refractivity contribution in [3.05, 3.63) is 33.8 Å². The van der Waals surface area contributed by atoms with Crippen LogP contribution in [-0.4, -0.2) is 36.0 Å². The first-order valence-corrected chi connectivity index (χ1v) is 8.41. The van der Waals surface area contributed by atoms with Gasteiger partial charge in [-0.3, -0.25) is 4.79 Å². The molecular weight excluding hydrogens is 307 g/mol. The summed E-state index contributed by atoms with van der Waals surface area (Å²) in [7, 11) is 0. The molecule has 1 aliphatic carbocycles. The molecular formula is C16H20Cl2N2O. The summed E-state index contributed by atoms with van der Waals surface area (Å²) >= 11 is 12.3. The zero-order chi connectivity index (χ0) is 14.8. The van der Waals surface area contributed by atoms with Gasteiger partial charge >= 0.3 is 0 Å². The number of carbonyl (C=O) groups is 1. The Bertz CT molecular complexity index is 507. The fraction of sp³-hybridized carbons (Fsp3) is 0.562. The van der Waals surface area contributed by atoms with E-state index in [1.54, 1.807) is 18.2 Å². The van der Waals surface area contributed by atoms with Gasteiger partial charge in [-0.15, -0.1) is 0 Å². The molecule has 21 heavy (non-hydrogen) atoms. The number of hydrogen-bond donors (Lipinski definition) is 1. The van der Waals surface area contributed by atoms with Crippen LogP contribution in [0.3, 0.4) is 0 Å². The lowest BCUT2D eigenvalue weighted by Gasteiger charge is -2.34. The Balaban J connectivity index is 1.91. The normalized spacial score (nSPS) is 22.7. The van der Waals surface area contributed by atoms with Gasteiger partial charge in [0, 0.05) is 18.6 Å². The van der Waals surface area contributed by atoms with E-state index in [2.05, 4.69) is 10.2 Å². The summed E-state index contributed by atoms with van der Waals surface area (Å²) in [6, 6.07) is 5.91. The molecule has 0 aromatic heterocycles. The van der Waals surface area contributed by atoms with Crippen LogP contribution in [0.15, 0.2) is 18.2 Å². The summed E-state index contributed by atoms with van der Waals surface area (Å²) in [5.41, 5.74) is 0.531. The molecule has 3 rings (SSSR count). The Morgan fingerprint density at radius 2 is 1.90 bits per heavy atom. The minimum Gasteiger partial charge on any atom is -0.331 e. The third-order valence-corrected chi connectivity index (χ3v) is 5.38. The molecule has 1 atom stereocenters. The lowest BCUT2D eigenvalue weighted by atomic mass is 10.1. The van der Waals surface area contributed by atoms with Crippen molar-refractivity contribution >= 4 is 29.1 Å². The third kappa shape index (κ3) is 3.05. The maximum absolute atomic E-state index is 13.0. The number of hydrogen-bond acceptors (Lipinski definition) is 2. The molecule has 0 radical (unpaired) electrons. The van der Waals surface area contributed by atoms with Crippen molar-refractivity contribution in [2.45, 2.75) is 44.2 Å². The van der Waals surface area contributed by atoms with Crippen molar-refractivity contribution in [1.29, 1.82) is 0 Å². The minimum absolute atomic E-state index is 0.0306. The van der Waals surface area contributed by atoms with Crippen LogP contribution in [-0.2, 0) is 0 Å². The van der Waals surface area contributed by atoms with Crippen LogP contribution in [0.1, 0.15) is 42.5 Å². The van der Waals surface area contributed by atoms with Gasteiger partial charge < -0.3 is 10.2 Å². The molecule has 5 heteroatoms. The zero-order valence-corrected chi connectivity index (χ0v) is 13.5. The maximum Gasteiger partial charge on any atom is 0.255 e. The first-order valence-electron chi connectivity index (χ1n) is 7.66. The van der Waals surface area contributed by atoms with E-state index in [9.17, 15) is 4.79 Å². The monoisotopic (exact) mass is 326 g/mol. The Morgan fingerprint density at radius 3 is 2.57 bits per heavy atom. The van der Waals surface area contributed by atoms with Gasteiger partial charge in [0.25, 0.3) is 5.91 Å². The number of benzene rings is 1. The molecule has 0 unspecified atom stereocenters. The van der Waals surface area contributed by atoms with Gasteiger partial charge in [-0.05, 0) is 37.9 Å². The molecule has 3 nitrogen and oxygen atoms in total. The second-order valence-electron chi connectivity index (χ2n) is 5.90. The molecule has 1 aromatic carbocycles. The van der Waals surface area contributed by atoms with Crippen molar-refractivity contribution in [1.82, 2.24) is 10.2 Å². The fourth-order valence-electron chi connectivity index (χ4n) is 3.50. The summed E-state index contributed by atoms with van der Waals surface area (Å²) in [4.78, 5) is 15.1. The van der Waals surface area contributed by atoms with Gasteiger partial charge in [-0.25, -0.2) is 0 Å². The van der Waals surface area contributed by atoms with Crippen LogP contribution in [0, 0.1) is 0 Å². The SMILES string of the molecule is O=C(c1cccc(Cl)c1Cl)N(C1CCCC1)[C@@H]1CCNC1. The van der Waals surface area contributed by atoms with Crippen LogP contribution in [0.4, 0.5) is 0 Å².